The molecule has 0 aliphatic heterocycles. The average molecular weight is 336 g/mol. The summed E-state index contributed by atoms with van der Waals surface area (Å²) in [6.07, 6.45) is 5.72. The van der Waals surface area contributed by atoms with Crippen LogP contribution in [0, 0.1) is 0 Å². The molecule has 1 aromatic carbocycles. The Kier molecular flexibility index (Phi) is 4.48. The van der Waals surface area contributed by atoms with Crippen LogP contribution in [0.15, 0.2) is 23.0 Å². The summed E-state index contributed by atoms with van der Waals surface area (Å²) in [6.45, 7) is 0.0742. The molecule has 2 aromatic rings. The third-order valence-electron chi connectivity index (χ3n) is 4.92. The number of aromatic nitrogens is 2. The van der Waals surface area contributed by atoms with Crippen LogP contribution in [0.4, 0.5) is 0 Å². The van der Waals surface area contributed by atoms with Crippen LogP contribution < -0.4 is 5.69 Å². The van der Waals surface area contributed by atoms with Crippen molar-refractivity contribution < 1.29 is 4.79 Å². The highest BCUT2D eigenvalue weighted by molar-refractivity contribution is 6.31. The van der Waals surface area contributed by atoms with E-state index < -0.39 is 0 Å². The van der Waals surface area contributed by atoms with E-state index in [2.05, 4.69) is 0 Å². The Balaban J connectivity index is 1.87. The number of benzene rings is 1. The number of hydrogen-bond acceptors (Lipinski definition) is 2. The first kappa shape index (κ1) is 16.1. The molecule has 1 aliphatic rings. The fourth-order valence-corrected chi connectivity index (χ4v) is 3.62. The molecule has 0 radical (unpaired) electrons. The molecule has 23 heavy (non-hydrogen) atoms. The molecule has 0 saturated heterocycles. The third-order valence-corrected chi connectivity index (χ3v) is 5.15. The molecule has 1 aliphatic carbocycles. The second-order valence-corrected chi connectivity index (χ2v) is 6.79. The normalized spacial score (nSPS) is 16.0. The maximum atomic E-state index is 12.6. The van der Waals surface area contributed by atoms with Gasteiger partial charge in [0.1, 0.15) is 6.54 Å². The van der Waals surface area contributed by atoms with Gasteiger partial charge in [-0.05, 0) is 31.0 Å². The molecule has 0 unspecified atom stereocenters. The quantitative estimate of drug-likeness (QED) is 0.866. The van der Waals surface area contributed by atoms with Crippen molar-refractivity contribution in [3.63, 3.8) is 0 Å². The predicted molar refractivity (Wildman–Crippen MR) is 91.8 cm³/mol. The molecule has 1 saturated carbocycles. The molecule has 1 amide bonds. The van der Waals surface area contributed by atoms with Gasteiger partial charge in [0.2, 0.25) is 5.91 Å². The third kappa shape index (κ3) is 3.02. The summed E-state index contributed by atoms with van der Waals surface area (Å²) in [5.74, 6) is -0.0125. The number of aryl methyl sites for hydroxylation is 1. The van der Waals surface area contributed by atoms with E-state index in [1.807, 2.05) is 11.9 Å². The molecule has 6 heteroatoms. The maximum absolute atomic E-state index is 12.6. The lowest BCUT2D eigenvalue weighted by Gasteiger charge is -2.31. The molecule has 0 bridgehead atoms. The lowest BCUT2D eigenvalue weighted by atomic mass is 9.94. The summed E-state index contributed by atoms with van der Waals surface area (Å²) in [5.41, 5.74) is 1.30. The number of amides is 1. The van der Waals surface area contributed by atoms with E-state index in [9.17, 15) is 9.59 Å². The Labute approximate surface area is 140 Å². The molecule has 1 aromatic heterocycles. The summed E-state index contributed by atoms with van der Waals surface area (Å²) in [4.78, 5) is 26.9. The maximum Gasteiger partial charge on any atom is 0.329 e. The molecule has 1 heterocycles. The number of carbonyl (C=O) groups is 1. The second-order valence-electron chi connectivity index (χ2n) is 6.36. The lowest BCUT2D eigenvalue weighted by Crippen LogP contribution is -2.41. The smallest absolute Gasteiger partial charge is 0.329 e. The van der Waals surface area contributed by atoms with E-state index in [-0.39, 0.29) is 18.1 Å². The first-order chi connectivity index (χ1) is 11.0. The van der Waals surface area contributed by atoms with Gasteiger partial charge in [-0.1, -0.05) is 30.9 Å². The van der Waals surface area contributed by atoms with Crippen molar-refractivity contribution in [2.75, 3.05) is 7.05 Å². The summed E-state index contributed by atoms with van der Waals surface area (Å²) >= 11 is 6.01. The zero-order valence-corrected chi connectivity index (χ0v) is 14.3. The Hall–Kier alpha value is -1.75. The van der Waals surface area contributed by atoms with Gasteiger partial charge in [0, 0.05) is 25.2 Å². The highest BCUT2D eigenvalue weighted by Gasteiger charge is 2.23. The van der Waals surface area contributed by atoms with E-state index in [4.69, 9.17) is 11.6 Å². The number of fused-ring (bicyclic) bond motifs is 1. The number of nitrogens with zero attached hydrogens (tertiary/aromatic N) is 3. The van der Waals surface area contributed by atoms with Crippen molar-refractivity contribution in [3.8, 4) is 0 Å². The van der Waals surface area contributed by atoms with E-state index in [1.54, 1.807) is 25.2 Å². The molecule has 1 fully saturated rings. The van der Waals surface area contributed by atoms with Crippen molar-refractivity contribution in [1.29, 1.82) is 0 Å². The monoisotopic (exact) mass is 335 g/mol. The van der Waals surface area contributed by atoms with Gasteiger partial charge in [-0.2, -0.15) is 0 Å². The van der Waals surface area contributed by atoms with Gasteiger partial charge < -0.3 is 4.90 Å². The number of carbonyl (C=O) groups excluding carboxylic acids is 1. The summed E-state index contributed by atoms with van der Waals surface area (Å²) in [5, 5.41) is 0.580. The van der Waals surface area contributed by atoms with Gasteiger partial charge in [-0.15, -0.1) is 0 Å². The molecule has 0 spiro atoms. The van der Waals surface area contributed by atoms with E-state index >= 15 is 0 Å². The van der Waals surface area contributed by atoms with Crippen LogP contribution in [0.25, 0.3) is 11.0 Å². The second kappa shape index (κ2) is 6.40. The SMILES string of the molecule is CN(C(=O)Cn1c(=O)n(C)c2cc(Cl)ccc21)C1CCCCC1. The van der Waals surface area contributed by atoms with Crippen LogP contribution in [0.1, 0.15) is 32.1 Å². The predicted octanol–water partition coefficient (Wildman–Crippen LogP) is 2.78. The van der Waals surface area contributed by atoms with Crippen LogP contribution in [0.3, 0.4) is 0 Å². The summed E-state index contributed by atoms with van der Waals surface area (Å²) in [6, 6.07) is 5.60. The van der Waals surface area contributed by atoms with Gasteiger partial charge in [0.25, 0.3) is 0 Å². The van der Waals surface area contributed by atoms with Crippen LogP contribution in [0.5, 0.6) is 0 Å². The molecule has 124 valence electrons. The number of imidazole rings is 1. The number of likely N-dealkylation sites (N-methyl/N-ethyl adjacent to an activating group) is 1. The highest BCUT2D eigenvalue weighted by atomic mass is 35.5. The van der Waals surface area contributed by atoms with Crippen molar-refractivity contribution in [1.82, 2.24) is 14.0 Å². The van der Waals surface area contributed by atoms with E-state index in [0.29, 0.717) is 11.1 Å². The molecular weight excluding hydrogens is 314 g/mol. The Morgan fingerprint density at radius 2 is 1.96 bits per heavy atom. The minimum atomic E-state index is -0.187. The fraction of sp³-hybridized carbons (Fsp3) is 0.529. The van der Waals surface area contributed by atoms with Gasteiger partial charge >= 0.3 is 5.69 Å². The van der Waals surface area contributed by atoms with Crippen molar-refractivity contribution in [2.45, 2.75) is 44.7 Å². The Morgan fingerprint density at radius 3 is 2.65 bits per heavy atom. The van der Waals surface area contributed by atoms with E-state index in [1.165, 1.54) is 28.4 Å². The molecule has 0 atom stereocenters. The zero-order valence-electron chi connectivity index (χ0n) is 13.6. The first-order valence-electron chi connectivity index (χ1n) is 8.09. The Bertz CT molecular complexity index is 787. The van der Waals surface area contributed by atoms with Crippen LogP contribution in [0.2, 0.25) is 5.02 Å². The molecular formula is C17H22ClN3O2. The highest BCUT2D eigenvalue weighted by Crippen LogP contribution is 2.22. The van der Waals surface area contributed by atoms with Crippen molar-refractivity contribution in [3.05, 3.63) is 33.7 Å². The minimum absolute atomic E-state index is 0.0125. The standard InChI is InChI=1S/C17H22ClN3O2/c1-19(13-6-4-3-5-7-13)16(22)11-21-14-9-8-12(18)10-15(14)20(2)17(21)23/h8-10,13H,3-7,11H2,1-2H3. The zero-order chi connectivity index (χ0) is 16.6. The van der Waals surface area contributed by atoms with Gasteiger partial charge in [-0.25, -0.2) is 4.79 Å². The molecule has 0 N–H and O–H groups in total. The van der Waals surface area contributed by atoms with Crippen LogP contribution >= 0.6 is 11.6 Å². The number of hydrogen-bond donors (Lipinski definition) is 0. The largest absolute Gasteiger partial charge is 0.341 e. The van der Waals surface area contributed by atoms with Crippen LogP contribution in [-0.2, 0) is 18.4 Å². The number of rotatable bonds is 3. The summed E-state index contributed by atoms with van der Waals surface area (Å²) in [7, 11) is 3.55. The number of halogens is 1. The Morgan fingerprint density at radius 1 is 1.26 bits per heavy atom. The van der Waals surface area contributed by atoms with Crippen LogP contribution in [-0.4, -0.2) is 33.0 Å². The molecule has 3 rings (SSSR count). The van der Waals surface area contributed by atoms with Gasteiger partial charge in [0.05, 0.1) is 11.0 Å². The van der Waals surface area contributed by atoms with Crippen molar-refractivity contribution >= 4 is 28.5 Å². The topological polar surface area (TPSA) is 47.2 Å². The van der Waals surface area contributed by atoms with E-state index in [0.717, 1.165) is 23.9 Å². The van der Waals surface area contributed by atoms with Crippen molar-refractivity contribution in [2.24, 2.45) is 7.05 Å². The lowest BCUT2D eigenvalue weighted by molar-refractivity contribution is -0.133. The fourth-order valence-electron chi connectivity index (χ4n) is 3.45. The van der Waals surface area contributed by atoms with Gasteiger partial charge in [0.15, 0.2) is 0 Å². The summed E-state index contributed by atoms with van der Waals surface area (Å²) < 4.78 is 3.07. The van der Waals surface area contributed by atoms with Gasteiger partial charge in [-0.3, -0.25) is 13.9 Å². The average Bonchev–Trinajstić information content (AvgIpc) is 2.79. The molecule has 5 nitrogen and oxygen atoms in total. The first-order valence-corrected chi connectivity index (χ1v) is 8.47. The minimum Gasteiger partial charge on any atom is -0.341 e.